The predicted octanol–water partition coefficient (Wildman–Crippen LogP) is 16.5. The summed E-state index contributed by atoms with van der Waals surface area (Å²) in [4.78, 5) is 26.2. The van der Waals surface area contributed by atoms with Gasteiger partial charge in [0.1, 0.15) is 6.10 Å². The average molecular weight is 872 g/mol. The van der Waals surface area contributed by atoms with Crippen LogP contribution in [0.1, 0.15) is 284 Å². The molecule has 3 N–H and O–H groups in total. The van der Waals surface area contributed by atoms with Crippen molar-refractivity contribution in [3.05, 3.63) is 36.5 Å². The molecule has 0 aromatic carbocycles. The van der Waals surface area contributed by atoms with Crippen molar-refractivity contribution in [3.63, 3.8) is 0 Å². The maximum absolute atomic E-state index is 13.2. The molecule has 3 unspecified atom stereocenters. The number of rotatable bonds is 49. The molecule has 0 saturated heterocycles. The first-order valence-electron chi connectivity index (χ1n) is 27.2. The molecule has 0 aliphatic heterocycles. The summed E-state index contributed by atoms with van der Waals surface area (Å²) in [6.45, 7) is 6.45. The molecule has 62 heavy (non-hydrogen) atoms. The molecule has 0 aliphatic carbocycles. The van der Waals surface area contributed by atoms with E-state index in [0.717, 1.165) is 83.5 Å². The highest BCUT2D eigenvalue weighted by Crippen LogP contribution is 2.18. The summed E-state index contributed by atoms with van der Waals surface area (Å²) in [5.74, 6) is -0.483. The Labute approximate surface area is 385 Å². The van der Waals surface area contributed by atoms with Crippen LogP contribution in [-0.2, 0) is 14.3 Å². The van der Waals surface area contributed by atoms with Crippen LogP contribution in [0.15, 0.2) is 36.5 Å². The van der Waals surface area contributed by atoms with E-state index in [4.69, 9.17) is 4.74 Å². The van der Waals surface area contributed by atoms with Gasteiger partial charge in [-0.15, -0.1) is 0 Å². The molecule has 3 atom stereocenters. The number of hydrogen-bond donors (Lipinski definition) is 3. The van der Waals surface area contributed by atoms with Gasteiger partial charge in [-0.05, 0) is 64.2 Å². The van der Waals surface area contributed by atoms with Crippen LogP contribution in [-0.4, -0.2) is 46.9 Å². The number of aliphatic hydroxyl groups is 2. The molecule has 0 radical (unpaired) electrons. The SMILES string of the molecule is CCCCC/C=C\C/C=C\C/C=C\CCCCCCC(CC(=O)NC(CO)C(O)CCCCCCCCCCC)OC(=O)CCCCCCCCCCCCCCCCCCC. The summed E-state index contributed by atoms with van der Waals surface area (Å²) in [6, 6.07) is -0.705. The van der Waals surface area contributed by atoms with Crippen LogP contribution >= 0.6 is 0 Å². The first-order chi connectivity index (χ1) is 30.5. The Morgan fingerprint density at radius 1 is 0.468 bits per heavy atom. The minimum Gasteiger partial charge on any atom is -0.462 e. The zero-order valence-electron chi connectivity index (χ0n) is 41.5. The van der Waals surface area contributed by atoms with Gasteiger partial charge in [0.05, 0.1) is 25.2 Å². The Morgan fingerprint density at radius 3 is 1.27 bits per heavy atom. The summed E-state index contributed by atoms with van der Waals surface area (Å²) in [5.41, 5.74) is 0. The van der Waals surface area contributed by atoms with E-state index in [9.17, 15) is 19.8 Å². The second kappa shape index (κ2) is 50.1. The Morgan fingerprint density at radius 2 is 0.823 bits per heavy atom. The van der Waals surface area contributed by atoms with Crippen LogP contribution in [0.5, 0.6) is 0 Å². The largest absolute Gasteiger partial charge is 0.462 e. The topological polar surface area (TPSA) is 95.9 Å². The van der Waals surface area contributed by atoms with Crippen molar-refractivity contribution in [2.75, 3.05) is 6.61 Å². The second-order valence-electron chi connectivity index (χ2n) is 18.6. The number of unbranched alkanes of at least 4 members (excludes halogenated alkanes) is 31. The Hall–Kier alpha value is -1.92. The minimum atomic E-state index is -0.790. The number of carbonyl (C=O) groups is 2. The van der Waals surface area contributed by atoms with Crippen molar-refractivity contribution in [1.29, 1.82) is 0 Å². The van der Waals surface area contributed by atoms with Crippen molar-refractivity contribution in [2.24, 2.45) is 0 Å². The minimum absolute atomic E-state index is 0.0664. The molecule has 1 amide bonds. The number of ether oxygens (including phenoxy) is 1. The van der Waals surface area contributed by atoms with E-state index >= 15 is 0 Å². The van der Waals surface area contributed by atoms with Crippen molar-refractivity contribution < 1.29 is 24.5 Å². The molecule has 0 aliphatic rings. The van der Waals surface area contributed by atoms with E-state index < -0.39 is 18.2 Å². The Kier molecular flexibility index (Phi) is 48.5. The standard InChI is InChI=1S/C56H105NO5/c1-4-7-10-13-16-19-21-23-25-27-29-31-33-36-38-41-44-47-52(50-55(60)57-53(51-58)54(59)48-45-42-39-35-18-15-12-9-6-3)62-56(61)49-46-43-40-37-34-32-30-28-26-24-22-20-17-14-11-8-5-2/h16,19,23,25,29,31,52-54,58-59H,4-15,17-18,20-22,24,26-28,30,32-51H2,1-3H3,(H,57,60)/b19-16-,25-23-,31-29-. The van der Waals surface area contributed by atoms with Crippen molar-refractivity contribution in [2.45, 2.75) is 302 Å². The predicted molar refractivity (Wildman–Crippen MR) is 269 cm³/mol. The molecular formula is C56H105NO5. The number of carbonyl (C=O) groups excluding carboxylic acids is 2. The van der Waals surface area contributed by atoms with E-state index in [1.807, 2.05) is 0 Å². The van der Waals surface area contributed by atoms with Crippen LogP contribution < -0.4 is 5.32 Å². The highest BCUT2D eigenvalue weighted by molar-refractivity contribution is 5.77. The van der Waals surface area contributed by atoms with Crippen molar-refractivity contribution in [1.82, 2.24) is 5.32 Å². The van der Waals surface area contributed by atoms with Gasteiger partial charge in [-0.25, -0.2) is 0 Å². The van der Waals surface area contributed by atoms with E-state index in [-0.39, 0.29) is 24.9 Å². The van der Waals surface area contributed by atoms with Crippen LogP contribution in [0.4, 0.5) is 0 Å². The molecule has 364 valence electrons. The maximum atomic E-state index is 13.2. The summed E-state index contributed by atoms with van der Waals surface area (Å²) in [5, 5.41) is 23.7. The Bertz CT molecular complexity index is 1020. The third-order valence-electron chi connectivity index (χ3n) is 12.5. The lowest BCUT2D eigenvalue weighted by molar-refractivity contribution is -0.151. The summed E-state index contributed by atoms with van der Waals surface area (Å²) in [6.07, 6.45) is 59.2. The fraction of sp³-hybridized carbons (Fsp3) is 0.857. The van der Waals surface area contributed by atoms with Crippen LogP contribution in [0.2, 0.25) is 0 Å². The smallest absolute Gasteiger partial charge is 0.306 e. The van der Waals surface area contributed by atoms with Gasteiger partial charge in [-0.3, -0.25) is 9.59 Å². The van der Waals surface area contributed by atoms with E-state index in [1.54, 1.807) is 0 Å². The lowest BCUT2D eigenvalue weighted by Gasteiger charge is -2.24. The molecule has 0 aromatic rings. The highest BCUT2D eigenvalue weighted by Gasteiger charge is 2.24. The van der Waals surface area contributed by atoms with Crippen LogP contribution in [0.25, 0.3) is 0 Å². The molecular weight excluding hydrogens is 767 g/mol. The molecule has 6 nitrogen and oxygen atoms in total. The normalized spacial score (nSPS) is 13.4. The molecule has 0 aromatic heterocycles. The highest BCUT2D eigenvalue weighted by atomic mass is 16.5. The van der Waals surface area contributed by atoms with Crippen LogP contribution in [0, 0.1) is 0 Å². The lowest BCUT2D eigenvalue weighted by Crippen LogP contribution is -2.46. The summed E-state index contributed by atoms with van der Waals surface area (Å²) >= 11 is 0. The second-order valence-corrected chi connectivity index (χ2v) is 18.6. The summed E-state index contributed by atoms with van der Waals surface area (Å²) in [7, 11) is 0. The average Bonchev–Trinajstić information content (AvgIpc) is 3.26. The van der Waals surface area contributed by atoms with E-state index in [1.165, 1.54) is 154 Å². The van der Waals surface area contributed by atoms with Crippen molar-refractivity contribution >= 4 is 11.9 Å². The third kappa shape index (κ3) is 44.7. The molecule has 0 bridgehead atoms. The van der Waals surface area contributed by atoms with Gasteiger partial charge in [0.15, 0.2) is 0 Å². The fourth-order valence-corrected chi connectivity index (χ4v) is 8.32. The van der Waals surface area contributed by atoms with Gasteiger partial charge in [0.2, 0.25) is 5.91 Å². The Balaban J connectivity index is 4.57. The van der Waals surface area contributed by atoms with Gasteiger partial charge in [-0.1, -0.05) is 243 Å². The molecule has 0 fully saturated rings. The van der Waals surface area contributed by atoms with E-state index in [0.29, 0.717) is 19.3 Å². The van der Waals surface area contributed by atoms with Gasteiger partial charge >= 0.3 is 5.97 Å². The first kappa shape index (κ1) is 60.1. The third-order valence-corrected chi connectivity index (χ3v) is 12.5. The van der Waals surface area contributed by atoms with E-state index in [2.05, 4.69) is 62.5 Å². The van der Waals surface area contributed by atoms with Gasteiger partial charge in [0, 0.05) is 6.42 Å². The monoisotopic (exact) mass is 872 g/mol. The quantitative estimate of drug-likeness (QED) is 0.0321. The first-order valence-corrected chi connectivity index (χ1v) is 27.2. The number of hydrogen-bond acceptors (Lipinski definition) is 5. The van der Waals surface area contributed by atoms with Gasteiger partial charge in [-0.2, -0.15) is 0 Å². The number of aliphatic hydroxyl groups excluding tert-OH is 2. The molecule has 6 heteroatoms. The molecule has 0 heterocycles. The molecule has 0 spiro atoms. The van der Waals surface area contributed by atoms with Crippen molar-refractivity contribution in [3.8, 4) is 0 Å². The number of amides is 1. The zero-order valence-corrected chi connectivity index (χ0v) is 41.5. The summed E-state index contributed by atoms with van der Waals surface area (Å²) < 4.78 is 5.94. The lowest BCUT2D eigenvalue weighted by atomic mass is 10.0. The van der Waals surface area contributed by atoms with Gasteiger partial charge in [0.25, 0.3) is 0 Å². The number of nitrogens with one attached hydrogen (secondary N) is 1. The zero-order chi connectivity index (χ0) is 45.2. The maximum Gasteiger partial charge on any atom is 0.306 e. The number of allylic oxidation sites excluding steroid dienone is 6. The fourth-order valence-electron chi connectivity index (χ4n) is 8.32. The number of esters is 1. The van der Waals surface area contributed by atoms with Gasteiger partial charge < -0.3 is 20.3 Å². The molecule has 0 rings (SSSR count). The molecule has 0 saturated carbocycles. The van der Waals surface area contributed by atoms with Crippen LogP contribution in [0.3, 0.4) is 0 Å².